The Morgan fingerprint density at radius 2 is 1.84 bits per heavy atom. The maximum absolute atomic E-state index is 12.8. The molecular weight excluding hydrogens is 402 g/mol. The molecule has 0 saturated carbocycles. The van der Waals surface area contributed by atoms with Gasteiger partial charge >= 0.3 is 0 Å². The summed E-state index contributed by atoms with van der Waals surface area (Å²) in [7, 11) is 3.87. The average molecular weight is 430 g/mol. The van der Waals surface area contributed by atoms with Gasteiger partial charge in [0.25, 0.3) is 5.91 Å². The molecule has 0 spiro atoms. The van der Waals surface area contributed by atoms with Gasteiger partial charge in [0.2, 0.25) is 0 Å². The number of hydrogen-bond donors (Lipinski definition) is 2. The number of aryl methyl sites for hydroxylation is 1. The van der Waals surface area contributed by atoms with Crippen molar-refractivity contribution in [2.75, 3.05) is 25.6 Å². The molecule has 0 fully saturated rings. The van der Waals surface area contributed by atoms with E-state index in [1.807, 2.05) is 86.7 Å². The minimum absolute atomic E-state index is 0.0704. The van der Waals surface area contributed by atoms with Crippen molar-refractivity contribution in [1.29, 1.82) is 0 Å². The Bertz CT molecular complexity index is 1200. The molecule has 0 radical (unpaired) electrons. The molecule has 0 saturated heterocycles. The van der Waals surface area contributed by atoms with Crippen LogP contribution in [0.2, 0.25) is 0 Å². The number of nitrogens with zero attached hydrogens (tertiary/aromatic N) is 3. The number of hydrogen-bond acceptors (Lipinski definition) is 5. The smallest absolute Gasteiger partial charge is 0.258 e. The molecule has 164 valence electrons. The summed E-state index contributed by atoms with van der Waals surface area (Å²) in [6.07, 6.45) is 2.58. The number of amides is 1. The molecule has 0 bridgehead atoms. The monoisotopic (exact) mass is 429 g/mol. The van der Waals surface area contributed by atoms with Crippen LogP contribution in [0.5, 0.6) is 5.75 Å². The number of carbonyl (C=O) groups is 1. The van der Waals surface area contributed by atoms with Gasteiger partial charge in [-0.25, -0.2) is 9.97 Å². The lowest BCUT2D eigenvalue weighted by atomic mass is 10.0. The first-order valence-electron chi connectivity index (χ1n) is 10.5. The van der Waals surface area contributed by atoms with E-state index in [1.165, 1.54) is 0 Å². The van der Waals surface area contributed by atoms with Crippen molar-refractivity contribution in [2.24, 2.45) is 0 Å². The van der Waals surface area contributed by atoms with Crippen LogP contribution in [0, 0.1) is 6.92 Å². The summed E-state index contributed by atoms with van der Waals surface area (Å²) < 4.78 is 5.64. The molecule has 1 amide bonds. The van der Waals surface area contributed by atoms with Gasteiger partial charge in [0.15, 0.2) is 6.61 Å². The molecule has 0 aliphatic heterocycles. The molecule has 2 heterocycles. The molecule has 7 nitrogen and oxygen atoms in total. The molecule has 4 rings (SSSR count). The Labute approximate surface area is 187 Å². The lowest BCUT2D eigenvalue weighted by molar-refractivity contribution is -0.123. The zero-order valence-corrected chi connectivity index (χ0v) is 18.5. The number of H-pyrrole nitrogens is 1. The molecule has 2 aromatic heterocycles. The quantitative estimate of drug-likeness (QED) is 0.445. The van der Waals surface area contributed by atoms with Crippen LogP contribution < -0.4 is 15.0 Å². The maximum Gasteiger partial charge on any atom is 0.258 e. The van der Waals surface area contributed by atoms with Crippen LogP contribution in [0.3, 0.4) is 0 Å². The van der Waals surface area contributed by atoms with Crippen LogP contribution >= 0.6 is 0 Å². The van der Waals surface area contributed by atoms with E-state index < -0.39 is 0 Å². The molecule has 1 atom stereocenters. The third kappa shape index (κ3) is 5.06. The molecule has 2 aromatic carbocycles. The number of rotatable bonds is 8. The minimum Gasteiger partial charge on any atom is -0.484 e. The van der Waals surface area contributed by atoms with E-state index in [2.05, 4.69) is 26.3 Å². The standard InChI is InChI=1S/C25H27N5O2/c1-17-27-23(14-24(28-17)30(2)3)22(13-18-15-26-21-12-8-7-11-20(18)21)29-25(31)16-32-19-9-5-4-6-10-19/h4-12,14-15,22,26H,13,16H2,1-3H3,(H,29,31)/t22-/m1/s1. The van der Waals surface area contributed by atoms with Crippen molar-refractivity contribution in [2.45, 2.75) is 19.4 Å². The Kier molecular flexibility index (Phi) is 6.35. The van der Waals surface area contributed by atoms with E-state index in [0.717, 1.165) is 28.0 Å². The number of ether oxygens (including phenoxy) is 1. The van der Waals surface area contributed by atoms with Gasteiger partial charge in [-0.1, -0.05) is 36.4 Å². The van der Waals surface area contributed by atoms with Crippen molar-refractivity contribution < 1.29 is 9.53 Å². The molecule has 0 aliphatic rings. The molecule has 32 heavy (non-hydrogen) atoms. The van der Waals surface area contributed by atoms with Crippen LogP contribution in [0.25, 0.3) is 10.9 Å². The lowest BCUT2D eigenvalue weighted by Gasteiger charge is -2.21. The summed E-state index contributed by atoms with van der Waals surface area (Å²) >= 11 is 0. The van der Waals surface area contributed by atoms with Crippen molar-refractivity contribution in [1.82, 2.24) is 20.3 Å². The van der Waals surface area contributed by atoms with Gasteiger partial charge in [0.05, 0.1) is 11.7 Å². The highest BCUT2D eigenvalue weighted by Crippen LogP contribution is 2.25. The normalized spacial score (nSPS) is 11.8. The summed E-state index contributed by atoms with van der Waals surface area (Å²) in [6, 6.07) is 19.0. The Morgan fingerprint density at radius 1 is 1.09 bits per heavy atom. The lowest BCUT2D eigenvalue weighted by Crippen LogP contribution is -2.34. The first-order chi connectivity index (χ1) is 15.5. The average Bonchev–Trinajstić information content (AvgIpc) is 3.20. The molecule has 0 aliphatic carbocycles. The Balaban J connectivity index is 1.59. The zero-order chi connectivity index (χ0) is 22.5. The minimum atomic E-state index is -0.332. The van der Waals surface area contributed by atoms with Crippen molar-refractivity contribution in [3.63, 3.8) is 0 Å². The Morgan fingerprint density at radius 3 is 2.62 bits per heavy atom. The van der Waals surface area contributed by atoms with Gasteiger partial charge in [-0.3, -0.25) is 4.79 Å². The van der Waals surface area contributed by atoms with Crippen LogP contribution in [0.1, 0.15) is 23.1 Å². The van der Waals surface area contributed by atoms with Crippen LogP contribution in [-0.2, 0) is 11.2 Å². The van der Waals surface area contributed by atoms with Gasteiger partial charge in [-0.15, -0.1) is 0 Å². The highest BCUT2D eigenvalue weighted by Gasteiger charge is 2.20. The number of aromatic nitrogens is 3. The summed E-state index contributed by atoms with van der Waals surface area (Å²) in [5.41, 5.74) is 2.94. The summed E-state index contributed by atoms with van der Waals surface area (Å²) in [5, 5.41) is 4.24. The van der Waals surface area contributed by atoms with Crippen molar-refractivity contribution in [3.05, 3.63) is 83.9 Å². The number of aromatic amines is 1. The van der Waals surface area contributed by atoms with E-state index in [-0.39, 0.29) is 18.6 Å². The highest BCUT2D eigenvalue weighted by molar-refractivity contribution is 5.83. The number of benzene rings is 2. The summed E-state index contributed by atoms with van der Waals surface area (Å²) in [6.45, 7) is 1.79. The fourth-order valence-electron chi connectivity index (χ4n) is 3.63. The van der Waals surface area contributed by atoms with E-state index in [4.69, 9.17) is 4.74 Å². The van der Waals surface area contributed by atoms with E-state index in [9.17, 15) is 4.79 Å². The van der Waals surface area contributed by atoms with E-state index >= 15 is 0 Å². The summed E-state index contributed by atoms with van der Waals surface area (Å²) in [5.74, 6) is 1.90. The maximum atomic E-state index is 12.8. The number of para-hydroxylation sites is 2. The van der Waals surface area contributed by atoms with Crippen LogP contribution in [-0.4, -0.2) is 41.6 Å². The van der Waals surface area contributed by atoms with Gasteiger partial charge in [-0.2, -0.15) is 0 Å². The largest absolute Gasteiger partial charge is 0.484 e. The summed E-state index contributed by atoms with van der Waals surface area (Å²) in [4.78, 5) is 27.2. The second-order valence-corrected chi connectivity index (χ2v) is 7.88. The van der Waals surface area contributed by atoms with Gasteiger partial charge in [-0.05, 0) is 30.7 Å². The molecular formula is C25H27N5O2. The molecule has 4 aromatic rings. The second-order valence-electron chi connectivity index (χ2n) is 7.88. The molecule has 0 unspecified atom stereocenters. The second kappa shape index (κ2) is 9.51. The third-order valence-corrected chi connectivity index (χ3v) is 5.21. The predicted molar refractivity (Wildman–Crippen MR) is 126 cm³/mol. The van der Waals surface area contributed by atoms with Gasteiger partial charge in [0, 0.05) is 43.7 Å². The van der Waals surface area contributed by atoms with Crippen LogP contribution in [0.15, 0.2) is 66.9 Å². The van der Waals surface area contributed by atoms with Crippen molar-refractivity contribution in [3.8, 4) is 5.75 Å². The number of fused-ring (bicyclic) bond motifs is 1. The Hall–Kier alpha value is -3.87. The molecule has 7 heteroatoms. The van der Waals surface area contributed by atoms with E-state index in [0.29, 0.717) is 18.0 Å². The zero-order valence-electron chi connectivity index (χ0n) is 18.5. The SMILES string of the molecule is Cc1nc([C@@H](Cc2c[nH]c3ccccc23)NC(=O)COc2ccccc2)cc(N(C)C)n1. The number of nitrogens with one attached hydrogen (secondary N) is 2. The third-order valence-electron chi connectivity index (χ3n) is 5.21. The predicted octanol–water partition coefficient (Wildman–Crippen LogP) is 3.81. The number of carbonyl (C=O) groups excluding carboxylic acids is 1. The fourth-order valence-corrected chi connectivity index (χ4v) is 3.63. The fraction of sp³-hybridized carbons (Fsp3) is 0.240. The van der Waals surface area contributed by atoms with Gasteiger partial charge < -0.3 is 19.9 Å². The van der Waals surface area contributed by atoms with Crippen molar-refractivity contribution >= 4 is 22.6 Å². The number of anilines is 1. The topological polar surface area (TPSA) is 83.1 Å². The van der Waals surface area contributed by atoms with Crippen LogP contribution in [0.4, 0.5) is 5.82 Å². The van der Waals surface area contributed by atoms with Gasteiger partial charge in [0.1, 0.15) is 17.4 Å². The molecule has 2 N–H and O–H groups in total. The highest BCUT2D eigenvalue weighted by atomic mass is 16.5. The first kappa shape index (κ1) is 21.4. The first-order valence-corrected chi connectivity index (χ1v) is 10.5. The van der Waals surface area contributed by atoms with E-state index in [1.54, 1.807) is 0 Å².